The average Bonchev–Trinajstić information content (AvgIpc) is 2.61. The van der Waals surface area contributed by atoms with E-state index < -0.39 is 0 Å². The first-order valence-corrected chi connectivity index (χ1v) is 10.5. The Kier molecular flexibility index (Phi) is 5.08. The number of Topliss-reactive ketones (excluding diaryl/α,β-unsaturated/α-hetero) is 1. The van der Waals surface area contributed by atoms with Gasteiger partial charge in [0.15, 0.2) is 5.78 Å². The summed E-state index contributed by atoms with van der Waals surface area (Å²) in [7, 11) is 0. The molecule has 2 aromatic carbocycles. The van der Waals surface area contributed by atoms with Crippen molar-refractivity contribution in [3.63, 3.8) is 0 Å². The van der Waals surface area contributed by atoms with E-state index in [0.717, 1.165) is 22.4 Å². The first-order valence-electron chi connectivity index (χ1n) is 9.78. The zero-order valence-corrected chi connectivity index (χ0v) is 18.3. The Hall–Kier alpha value is -2.10. The number of aryl methyl sites for hydroxylation is 1. The van der Waals surface area contributed by atoms with Gasteiger partial charge < -0.3 is 0 Å². The first-order chi connectivity index (χ1) is 13.7. The lowest BCUT2D eigenvalue weighted by atomic mass is 9.69. The van der Waals surface area contributed by atoms with E-state index in [1.807, 2.05) is 31.2 Å². The second-order valence-corrected chi connectivity index (χ2v) is 9.58. The van der Waals surface area contributed by atoms with E-state index >= 15 is 0 Å². The molecule has 1 heterocycles. The minimum Gasteiger partial charge on any atom is -0.294 e. The van der Waals surface area contributed by atoms with Crippen LogP contribution in [0, 0.1) is 12.3 Å². The third kappa shape index (κ3) is 3.62. The van der Waals surface area contributed by atoms with Crippen molar-refractivity contribution in [2.24, 2.45) is 5.41 Å². The number of nitrogens with zero attached hydrogens (tertiary/aromatic N) is 1. The van der Waals surface area contributed by atoms with Crippen LogP contribution < -0.4 is 4.90 Å². The fourth-order valence-electron chi connectivity index (χ4n) is 4.60. The zero-order chi connectivity index (χ0) is 20.9. The van der Waals surface area contributed by atoms with E-state index in [-0.39, 0.29) is 29.4 Å². The molecule has 1 aliphatic carbocycles. The lowest BCUT2D eigenvalue weighted by Crippen LogP contribution is -2.44. The summed E-state index contributed by atoms with van der Waals surface area (Å²) in [6.45, 7) is 6.16. The highest BCUT2D eigenvalue weighted by Crippen LogP contribution is 2.49. The highest BCUT2D eigenvalue weighted by molar-refractivity contribution is 6.37. The van der Waals surface area contributed by atoms with E-state index in [1.165, 1.54) is 0 Å². The van der Waals surface area contributed by atoms with Crippen molar-refractivity contribution in [2.75, 3.05) is 4.90 Å². The van der Waals surface area contributed by atoms with E-state index in [1.54, 1.807) is 23.1 Å². The third-order valence-electron chi connectivity index (χ3n) is 5.86. The summed E-state index contributed by atoms with van der Waals surface area (Å²) >= 11 is 12.5. The zero-order valence-electron chi connectivity index (χ0n) is 16.8. The highest BCUT2D eigenvalue weighted by Gasteiger charge is 2.44. The molecule has 1 aliphatic heterocycles. The fraction of sp³-hybridized carbons (Fsp3) is 0.333. The van der Waals surface area contributed by atoms with Crippen LogP contribution in [0.25, 0.3) is 0 Å². The number of amides is 1. The number of carbonyl (C=O) groups is 2. The molecule has 0 aromatic heterocycles. The van der Waals surface area contributed by atoms with Gasteiger partial charge in [0, 0.05) is 35.1 Å². The molecular weight excluding hydrogens is 405 g/mol. The Morgan fingerprint density at radius 1 is 1.03 bits per heavy atom. The standard InChI is InChI=1S/C24H23Cl2NO2/c1-14-6-4-5-7-16(14)17-11-22(29)27(19-9-8-15(25)10-18(19)26)20-12-24(2,3)13-21(28)23(17)20/h4-10,17H,11-13H2,1-3H3. The molecule has 1 unspecified atom stereocenters. The Morgan fingerprint density at radius 3 is 2.45 bits per heavy atom. The maximum atomic E-state index is 13.4. The average molecular weight is 428 g/mol. The summed E-state index contributed by atoms with van der Waals surface area (Å²) in [6, 6.07) is 13.1. The van der Waals surface area contributed by atoms with Gasteiger partial charge >= 0.3 is 0 Å². The van der Waals surface area contributed by atoms with Gasteiger partial charge in [-0.15, -0.1) is 0 Å². The van der Waals surface area contributed by atoms with Crippen molar-refractivity contribution in [3.8, 4) is 0 Å². The van der Waals surface area contributed by atoms with Crippen molar-refractivity contribution in [1.82, 2.24) is 0 Å². The number of allylic oxidation sites excluding steroid dienone is 2. The number of halogens is 2. The smallest absolute Gasteiger partial charge is 0.232 e. The maximum Gasteiger partial charge on any atom is 0.232 e. The van der Waals surface area contributed by atoms with Crippen LogP contribution in [-0.2, 0) is 9.59 Å². The molecule has 4 rings (SSSR count). The molecule has 0 fully saturated rings. The van der Waals surface area contributed by atoms with Crippen LogP contribution in [0.2, 0.25) is 10.0 Å². The van der Waals surface area contributed by atoms with Crippen molar-refractivity contribution >= 4 is 40.6 Å². The van der Waals surface area contributed by atoms with Crippen LogP contribution in [0.5, 0.6) is 0 Å². The second kappa shape index (κ2) is 7.30. The van der Waals surface area contributed by atoms with E-state index in [2.05, 4.69) is 13.8 Å². The molecule has 0 bridgehead atoms. The van der Waals surface area contributed by atoms with Crippen LogP contribution in [-0.4, -0.2) is 11.7 Å². The van der Waals surface area contributed by atoms with Crippen LogP contribution in [0.1, 0.15) is 50.2 Å². The molecule has 0 radical (unpaired) electrons. The van der Waals surface area contributed by atoms with Crippen molar-refractivity contribution in [1.29, 1.82) is 0 Å². The monoisotopic (exact) mass is 427 g/mol. The number of rotatable bonds is 2. The predicted octanol–water partition coefficient (Wildman–Crippen LogP) is 6.47. The minimum atomic E-state index is -0.221. The molecule has 0 spiro atoms. The number of hydrogen-bond acceptors (Lipinski definition) is 2. The van der Waals surface area contributed by atoms with E-state index in [0.29, 0.717) is 28.6 Å². The van der Waals surface area contributed by atoms with Gasteiger partial charge in [-0.05, 0) is 48.1 Å². The van der Waals surface area contributed by atoms with Crippen LogP contribution in [0.4, 0.5) is 5.69 Å². The third-order valence-corrected chi connectivity index (χ3v) is 6.40. The first kappa shape index (κ1) is 20.2. The molecular formula is C24H23Cl2NO2. The van der Waals surface area contributed by atoms with Crippen molar-refractivity contribution in [3.05, 3.63) is 74.9 Å². The van der Waals surface area contributed by atoms with Gasteiger partial charge in [-0.3, -0.25) is 14.5 Å². The number of anilines is 1. The molecule has 2 aliphatic rings. The van der Waals surface area contributed by atoms with Crippen molar-refractivity contribution in [2.45, 2.75) is 46.0 Å². The van der Waals surface area contributed by atoms with E-state index in [9.17, 15) is 9.59 Å². The minimum absolute atomic E-state index is 0.0493. The summed E-state index contributed by atoms with van der Waals surface area (Å²) in [4.78, 5) is 28.4. The van der Waals surface area contributed by atoms with Crippen molar-refractivity contribution < 1.29 is 9.59 Å². The maximum absolute atomic E-state index is 13.4. The molecule has 150 valence electrons. The molecule has 0 saturated carbocycles. The quantitative estimate of drug-likeness (QED) is 0.550. The largest absolute Gasteiger partial charge is 0.294 e. The van der Waals surface area contributed by atoms with Crippen LogP contribution in [0.3, 0.4) is 0 Å². The number of carbonyl (C=O) groups excluding carboxylic acids is 2. The summed E-state index contributed by atoms with van der Waals surface area (Å²) in [5.74, 6) is -0.150. The van der Waals surface area contributed by atoms with Gasteiger partial charge in [-0.25, -0.2) is 0 Å². The molecule has 1 atom stereocenters. The highest BCUT2D eigenvalue weighted by atomic mass is 35.5. The normalized spacial score (nSPS) is 21.4. The lowest BCUT2D eigenvalue weighted by Gasteiger charge is -2.43. The van der Waals surface area contributed by atoms with Crippen LogP contribution in [0.15, 0.2) is 53.7 Å². The fourth-order valence-corrected chi connectivity index (χ4v) is 5.09. The predicted molar refractivity (Wildman–Crippen MR) is 118 cm³/mol. The molecule has 1 amide bonds. The number of hydrogen-bond donors (Lipinski definition) is 0. The van der Waals surface area contributed by atoms with Gasteiger partial charge in [0.25, 0.3) is 0 Å². The van der Waals surface area contributed by atoms with Gasteiger partial charge in [-0.2, -0.15) is 0 Å². The Balaban J connectivity index is 1.94. The summed E-state index contributed by atoms with van der Waals surface area (Å²) in [6.07, 6.45) is 1.36. The topological polar surface area (TPSA) is 37.4 Å². The summed E-state index contributed by atoms with van der Waals surface area (Å²) in [5.41, 5.74) is 4.03. The van der Waals surface area contributed by atoms with Crippen LogP contribution >= 0.6 is 23.2 Å². The molecule has 29 heavy (non-hydrogen) atoms. The van der Waals surface area contributed by atoms with Gasteiger partial charge in [0.05, 0.1) is 10.7 Å². The van der Waals surface area contributed by atoms with Gasteiger partial charge in [0.1, 0.15) is 0 Å². The lowest BCUT2D eigenvalue weighted by molar-refractivity contribution is -0.121. The van der Waals surface area contributed by atoms with E-state index in [4.69, 9.17) is 23.2 Å². The number of benzene rings is 2. The summed E-state index contributed by atoms with van der Waals surface area (Å²) in [5, 5.41) is 0.915. The molecule has 0 N–H and O–H groups in total. The van der Waals surface area contributed by atoms with Gasteiger partial charge in [0.2, 0.25) is 5.91 Å². The second-order valence-electron chi connectivity index (χ2n) is 8.74. The molecule has 0 saturated heterocycles. The van der Waals surface area contributed by atoms with Gasteiger partial charge in [-0.1, -0.05) is 61.3 Å². The number of ketones is 1. The molecule has 3 nitrogen and oxygen atoms in total. The Morgan fingerprint density at radius 2 is 1.76 bits per heavy atom. The summed E-state index contributed by atoms with van der Waals surface area (Å²) < 4.78 is 0. The molecule has 2 aromatic rings. The Labute approximate surface area is 181 Å². The Bertz CT molecular complexity index is 1050. The SMILES string of the molecule is Cc1ccccc1C1CC(=O)N(c2ccc(Cl)cc2Cl)C2=C1C(=O)CC(C)(C)C2. The molecule has 5 heteroatoms.